The summed E-state index contributed by atoms with van der Waals surface area (Å²) in [6.07, 6.45) is 0. The van der Waals surface area contributed by atoms with Crippen molar-refractivity contribution in [3.05, 3.63) is 52.8 Å². The van der Waals surface area contributed by atoms with Crippen molar-refractivity contribution < 1.29 is 17.5 Å². The van der Waals surface area contributed by atoms with Crippen molar-refractivity contribution in [3.63, 3.8) is 0 Å². The highest BCUT2D eigenvalue weighted by Crippen LogP contribution is 2.27. The largest absolute Gasteiger partial charge is 0.457 e. The van der Waals surface area contributed by atoms with Crippen LogP contribution >= 0.6 is 26.6 Å². The molecule has 2 rings (SSSR count). The number of hydrogen-bond donors (Lipinski definition) is 0. The van der Waals surface area contributed by atoms with Crippen molar-refractivity contribution in [2.75, 3.05) is 0 Å². The van der Waals surface area contributed by atoms with Crippen LogP contribution in [0.15, 0.2) is 51.8 Å². The van der Waals surface area contributed by atoms with E-state index in [0.29, 0.717) is 16.0 Å². The topological polar surface area (TPSA) is 43.4 Å². The van der Waals surface area contributed by atoms with Crippen LogP contribution in [0.3, 0.4) is 0 Å². The Hall–Kier alpha value is -1.11. The molecule has 0 aromatic heterocycles. The molecule has 3 nitrogen and oxygen atoms in total. The van der Waals surface area contributed by atoms with E-state index in [0.717, 1.165) is 0 Å². The Labute approximate surface area is 122 Å². The second kappa shape index (κ2) is 5.48. The zero-order chi connectivity index (χ0) is 14.0. The number of benzene rings is 2. The molecular weight excluding hydrogens is 359 g/mol. The fourth-order valence-electron chi connectivity index (χ4n) is 1.39. The van der Waals surface area contributed by atoms with Crippen LogP contribution in [-0.4, -0.2) is 8.42 Å². The second-order valence-electron chi connectivity index (χ2n) is 3.62. The van der Waals surface area contributed by atoms with Gasteiger partial charge in [-0.25, -0.2) is 12.8 Å². The lowest BCUT2D eigenvalue weighted by Crippen LogP contribution is -1.91. The lowest BCUT2D eigenvalue weighted by molar-refractivity contribution is 0.476. The summed E-state index contributed by atoms with van der Waals surface area (Å²) < 4.78 is 41.2. The molecule has 0 saturated carbocycles. The number of rotatable bonds is 3. The van der Waals surface area contributed by atoms with E-state index >= 15 is 0 Å². The highest BCUT2D eigenvalue weighted by atomic mass is 79.9. The molecule has 7 heteroatoms. The molecule has 0 aliphatic carbocycles. The summed E-state index contributed by atoms with van der Waals surface area (Å²) in [5, 5.41) is 0. The predicted octanol–water partition coefficient (Wildman–Crippen LogP) is 4.31. The summed E-state index contributed by atoms with van der Waals surface area (Å²) in [6.45, 7) is 0. The van der Waals surface area contributed by atoms with Crippen molar-refractivity contribution in [1.82, 2.24) is 0 Å². The molecule has 0 fully saturated rings. The highest BCUT2D eigenvalue weighted by molar-refractivity contribution is 9.10. The predicted molar refractivity (Wildman–Crippen MR) is 73.7 cm³/mol. The Balaban J connectivity index is 2.24. The Kier molecular flexibility index (Phi) is 4.13. The van der Waals surface area contributed by atoms with Crippen molar-refractivity contribution in [2.24, 2.45) is 0 Å². The Morgan fingerprint density at radius 2 is 1.68 bits per heavy atom. The fourth-order valence-corrected chi connectivity index (χ4v) is 2.61. The van der Waals surface area contributed by atoms with E-state index in [4.69, 9.17) is 15.4 Å². The normalized spacial score (nSPS) is 11.3. The van der Waals surface area contributed by atoms with Crippen LogP contribution in [0, 0.1) is 5.82 Å². The van der Waals surface area contributed by atoms with Crippen molar-refractivity contribution >= 4 is 35.7 Å². The third-order valence-electron chi connectivity index (χ3n) is 2.18. The van der Waals surface area contributed by atoms with E-state index in [1.807, 2.05) is 0 Å². The zero-order valence-corrected chi connectivity index (χ0v) is 12.5. The maximum atomic E-state index is 13.1. The van der Waals surface area contributed by atoms with E-state index in [1.54, 1.807) is 6.07 Å². The maximum absolute atomic E-state index is 13.1. The van der Waals surface area contributed by atoms with Gasteiger partial charge in [0.25, 0.3) is 9.05 Å². The van der Waals surface area contributed by atoms with Gasteiger partial charge in [0.2, 0.25) is 0 Å². The third kappa shape index (κ3) is 3.92. The second-order valence-corrected chi connectivity index (χ2v) is 7.10. The van der Waals surface area contributed by atoms with E-state index in [-0.39, 0.29) is 4.90 Å². The van der Waals surface area contributed by atoms with Gasteiger partial charge in [-0.3, -0.25) is 0 Å². The van der Waals surface area contributed by atoms with Crippen molar-refractivity contribution in [3.8, 4) is 11.5 Å². The smallest absolute Gasteiger partial charge is 0.261 e. The highest BCUT2D eigenvalue weighted by Gasteiger charge is 2.09. The quantitative estimate of drug-likeness (QED) is 0.761. The molecule has 0 saturated heterocycles. The summed E-state index contributed by atoms with van der Waals surface area (Å²) in [5.74, 6) is 0.235. The Bertz CT molecular complexity index is 681. The third-order valence-corrected chi connectivity index (χ3v) is 4.00. The molecule has 0 unspecified atom stereocenters. The van der Waals surface area contributed by atoms with Crippen LogP contribution < -0.4 is 4.74 Å². The molecule has 2 aromatic carbocycles. The lowest BCUT2D eigenvalue weighted by Gasteiger charge is -2.06. The average molecular weight is 366 g/mol. The Morgan fingerprint density at radius 3 is 2.21 bits per heavy atom. The van der Waals surface area contributed by atoms with E-state index in [1.165, 1.54) is 36.4 Å². The molecule has 0 amide bonds. The first-order chi connectivity index (χ1) is 8.84. The first-order valence-electron chi connectivity index (χ1n) is 5.03. The standard InChI is InChI=1S/C12H7BrClFO3S/c13-8-5-9(15)7-11(6-8)18-10-1-3-12(4-2-10)19(14,16)17/h1-7H. The van der Waals surface area contributed by atoms with Gasteiger partial charge in [-0.2, -0.15) is 0 Å². The van der Waals surface area contributed by atoms with E-state index in [2.05, 4.69) is 15.9 Å². The van der Waals surface area contributed by atoms with Gasteiger partial charge in [-0.1, -0.05) is 15.9 Å². The Morgan fingerprint density at radius 1 is 1.05 bits per heavy atom. The summed E-state index contributed by atoms with van der Waals surface area (Å²) in [5.41, 5.74) is 0. The molecule has 0 atom stereocenters. The first-order valence-corrected chi connectivity index (χ1v) is 8.13. The van der Waals surface area contributed by atoms with Gasteiger partial charge < -0.3 is 4.74 Å². The SMILES string of the molecule is O=S(=O)(Cl)c1ccc(Oc2cc(F)cc(Br)c2)cc1. The molecule has 0 aliphatic rings. The van der Waals surface area contributed by atoms with E-state index in [9.17, 15) is 12.8 Å². The molecule has 0 bridgehead atoms. The van der Waals surface area contributed by atoms with Crippen LogP contribution in [-0.2, 0) is 9.05 Å². The van der Waals surface area contributed by atoms with Gasteiger partial charge in [-0.15, -0.1) is 0 Å². The molecule has 0 radical (unpaired) electrons. The molecule has 100 valence electrons. The van der Waals surface area contributed by atoms with Crippen LogP contribution in [0.1, 0.15) is 0 Å². The first kappa shape index (κ1) is 14.3. The van der Waals surface area contributed by atoms with E-state index < -0.39 is 14.9 Å². The van der Waals surface area contributed by atoms with Crippen LogP contribution in [0.2, 0.25) is 0 Å². The molecular formula is C12H7BrClFO3S. The molecule has 0 heterocycles. The van der Waals surface area contributed by atoms with Gasteiger partial charge in [0, 0.05) is 21.2 Å². The van der Waals surface area contributed by atoms with Gasteiger partial charge in [0.1, 0.15) is 17.3 Å². The molecule has 0 spiro atoms. The fraction of sp³-hybridized carbons (Fsp3) is 0. The zero-order valence-electron chi connectivity index (χ0n) is 9.31. The van der Waals surface area contributed by atoms with Gasteiger partial charge in [0.15, 0.2) is 0 Å². The van der Waals surface area contributed by atoms with Gasteiger partial charge in [-0.05, 0) is 36.4 Å². The molecule has 0 aliphatic heterocycles. The van der Waals surface area contributed by atoms with Gasteiger partial charge >= 0.3 is 0 Å². The number of halogens is 3. The molecule has 2 aromatic rings. The summed E-state index contributed by atoms with van der Waals surface area (Å²) in [4.78, 5) is -0.0260. The van der Waals surface area contributed by atoms with Crippen molar-refractivity contribution in [1.29, 1.82) is 0 Å². The maximum Gasteiger partial charge on any atom is 0.261 e. The summed E-state index contributed by atoms with van der Waals surface area (Å²) in [6, 6.07) is 9.61. The average Bonchev–Trinajstić information content (AvgIpc) is 2.26. The monoisotopic (exact) mass is 364 g/mol. The van der Waals surface area contributed by atoms with Crippen LogP contribution in [0.25, 0.3) is 0 Å². The number of hydrogen-bond acceptors (Lipinski definition) is 3. The minimum absolute atomic E-state index is 0.0260. The van der Waals surface area contributed by atoms with Crippen LogP contribution in [0.4, 0.5) is 4.39 Å². The minimum atomic E-state index is -3.76. The van der Waals surface area contributed by atoms with Crippen molar-refractivity contribution in [2.45, 2.75) is 4.90 Å². The molecule has 0 N–H and O–H groups in total. The number of ether oxygens (including phenoxy) is 1. The molecule has 19 heavy (non-hydrogen) atoms. The van der Waals surface area contributed by atoms with Crippen LogP contribution in [0.5, 0.6) is 11.5 Å². The summed E-state index contributed by atoms with van der Waals surface area (Å²) in [7, 11) is 1.43. The lowest BCUT2D eigenvalue weighted by atomic mass is 10.3. The summed E-state index contributed by atoms with van der Waals surface area (Å²) >= 11 is 3.15. The minimum Gasteiger partial charge on any atom is -0.457 e. The van der Waals surface area contributed by atoms with Gasteiger partial charge in [0.05, 0.1) is 4.90 Å².